The molecule has 0 aromatic heterocycles. The Morgan fingerprint density at radius 1 is 1.40 bits per heavy atom. The van der Waals surface area contributed by atoms with Crippen molar-refractivity contribution >= 4 is 15.9 Å². The largest absolute Gasteiger partial charge is 0.330 e. The fourth-order valence-electron chi connectivity index (χ4n) is 2.45. The van der Waals surface area contributed by atoms with Gasteiger partial charge in [-0.15, -0.1) is 0 Å². The van der Waals surface area contributed by atoms with Gasteiger partial charge in [0, 0.05) is 4.47 Å². The standard InChI is InChI=1S/C12H15BrFN/c13-9-2-3-10(11(14)8-9)12(6-7-15)4-1-5-12/h2-3,8H,1,4-7,15H2. The third-order valence-corrected chi connectivity index (χ3v) is 3.93. The van der Waals surface area contributed by atoms with Crippen molar-refractivity contribution in [3.63, 3.8) is 0 Å². The van der Waals surface area contributed by atoms with Gasteiger partial charge in [0.15, 0.2) is 0 Å². The molecule has 0 spiro atoms. The lowest BCUT2D eigenvalue weighted by Gasteiger charge is -2.42. The highest BCUT2D eigenvalue weighted by molar-refractivity contribution is 9.10. The fourth-order valence-corrected chi connectivity index (χ4v) is 2.79. The van der Waals surface area contributed by atoms with Crippen molar-refractivity contribution < 1.29 is 4.39 Å². The van der Waals surface area contributed by atoms with Gasteiger partial charge in [-0.2, -0.15) is 0 Å². The predicted octanol–water partition coefficient (Wildman–Crippen LogP) is 3.36. The molecule has 15 heavy (non-hydrogen) atoms. The molecule has 1 nitrogen and oxygen atoms in total. The van der Waals surface area contributed by atoms with Crippen molar-refractivity contribution in [2.75, 3.05) is 6.54 Å². The van der Waals surface area contributed by atoms with Crippen molar-refractivity contribution in [3.8, 4) is 0 Å². The second kappa shape index (κ2) is 4.22. The van der Waals surface area contributed by atoms with E-state index in [1.165, 1.54) is 6.42 Å². The van der Waals surface area contributed by atoms with Crippen LogP contribution in [0.3, 0.4) is 0 Å². The van der Waals surface area contributed by atoms with E-state index in [9.17, 15) is 4.39 Å². The highest BCUT2D eigenvalue weighted by atomic mass is 79.9. The number of hydrogen-bond donors (Lipinski definition) is 1. The maximum atomic E-state index is 13.8. The molecule has 2 rings (SSSR count). The van der Waals surface area contributed by atoms with Gasteiger partial charge in [-0.1, -0.05) is 28.4 Å². The van der Waals surface area contributed by atoms with Gasteiger partial charge in [0.05, 0.1) is 0 Å². The number of halogens is 2. The molecule has 0 radical (unpaired) electrons. The SMILES string of the molecule is NCCC1(c2ccc(Br)cc2F)CCC1. The van der Waals surface area contributed by atoms with Crippen LogP contribution in [0.25, 0.3) is 0 Å². The Morgan fingerprint density at radius 2 is 2.13 bits per heavy atom. The van der Waals surface area contributed by atoms with Gasteiger partial charge in [0.2, 0.25) is 0 Å². The molecule has 1 saturated carbocycles. The van der Waals surface area contributed by atoms with Gasteiger partial charge >= 0.3 is 0 Å². The predicted molar refractivity (Wildman–Crippen MR) is 63.3 cm³/mol. The van der Waals surface area contributed by atoms with Crippen LogP contribution in [0.2, 0.25) is 0 Å². The van der Waals surface area contributed by atoms with Gasteiger partial charge in [-0.3, -0.25) is 0 Å². The first-order valence-corrected chi connectivity index (χ1v) is 6.13. The van der Waals surface area contributed by atoms with E-state index in [1.54, 1.807) is 6.07 Å². The summed E-state index contributed by atoms with van der Waals surface area (Å²) in [5, 5.41) is 0. The Morgan fingerprint density at radius 3 is 2.60 bits per heavy atom. The highest BCUT2D eigenvalue weighted by Crippen LogP contribution is 2.47. The van der Waals surface area contributed by atoms with E-state index in [1.807, 2.05) is 12.1 Å². The van der Waals surface area contributed by atoms with Gasteiger partial charge in [0.25, 0.3) is 0 Å². The zero-order valence-corrected chi connectivity index (χ0v) is 10.2. The third-order valence-electron chi connectivity index (χ3n) is 3.44. The minimum Gasteiger partial charge on any atom is -0.330 e. The lowest BCUT2D eigenvalue weighted by molar-refractivity contribution is 0.222. The Kier molecular flexibility index (Phi) is 3.12. The molecule has 0 saturated heterocycles. The molecule has 0 aliphatic heterocycles. The van der Waals surface area contributed by atoms with Crippen molar-refractivity contribution in [1.29, 1.82) is 0 Å². The summed E-state index contributed by atoms with van der Waals surface area (Å²) in [5.41, 5.74) is 6.49. The molecule has 0 heterocycles. The topological polar surface area (TPSA) is 26.0 Å². The van der Waals surface area contributed by atoms with Crippen molar-refractivity contribution in [1.82, 2.24) is 0 Å². The molecule has 82 valence electrons. The minimum absolute atomic E-state index is 0.0273. The van der Waals surface area contributed by atoms with E-state index in [2.05, 4.69) is 15.9 Å². The van der Waals surface area contributed by atoms with E-state index in [4.69, 9.17) is 5.73 Å². The highest BCUT2D eigenvalue weighted by Gasteiger charge is 2.39. The molecular formula is C12H15BrFN. The van der Waals surface area contributed by atoms with Crippen LogP contribution in [0.15, 0.2) is 22.7 Å². The van der Waals surface area contributed by atoms with E-state index in [0.717, 1.165) is 29.3 Å². The summed E-state index contributed by atoms with van der Waals surface area (Å²) in [6, 6.07) is 5.36. The molecule has 2 N–H and O–H groups in total. The van der Waals surface area contributed by atoms with Gasteiger partial charge in [0.1, 0.15) is 5.82 Å². The summed E-state index contributed by atoms with van der Waals surface area (Å²) < 4.78 is 14.6. The maximum absolute atomic E-state index is 13.8. The van der Waals surface area contributed by atoms with Crippen LogP contribution in [0.4, 0.5) is 4.39 Å². The first-order chi connectivity index (χ1) is 7.18. The Bertz CT molecular complexity index is 361. The first-order valence-electron chi connectivity index (χ1n) is 5.33. The van der Waals surface area contributed by atoms with E-state index < -0.39 is 0 Å². The molecule has 1 fully saturated rings. The lowest BCUT2D eigenvalue weighted by atomic mass is 9.62. The summed E-state index contributed by atoms with van der Waals surface area (Å²) in [4.78, 5) is 0. The van der Waals surface area contributed by atoms with Crippen LogP contribution < -0.4 is 5.73 Å². The number of hydrogen-bond acceptors (Lipinski definition) is 1. The average Bonchev–Trinajstić information content (AvgIpc) is 2.12. The molecule has 0 amide bonds. The molecule has 1 aliphatic rings. The van der Waals surface area contributed by atoms with E-state index >= 15 is 0 Å². The van der Waals surface area contributed by atoms with E-state index in [0.29, 0.717) is 6.54 Å². The van der Waals surface area contributed by atoms with E-state index in [-0.39, 0.29) is 11.2 Å². The number of rotatable bonds is 3. The quantitative estimate of drug-likeness (QED) is 0.897. The van der Waals surface area contributed by atoms with Crippen LogP contribution >= 0.6 is 15.9 Å². The van der Waals surface area contributed by atoms with Gasteiger partial charge in [-0.05, 0) is 48.9 Å². The summed E-state index contributed by atoms with van der Waals surface area (Å²) in [5.74, 6) is -0.0995. The average molecular weight is 272 g/mol. The maximum Gasteiger partial charge on any atom is 0.128 e. The molecular weight excluding hydrogens is 257 g/mol. The van der Waals surface area contributed by atoms with Crippen LogP contribution in [-0.4, -0.2) is 6.54 Å². The fraction of sp³-hybridized carbons (Fsp3) is 0.500. The Balaban J connectivity index is 2.34. The summed E-state index contributed by atoms with van der Waals surface area (Å²) in [6.45, 7) is 0.634. The van der Waals surface area contributed by atoms with Crippen LogP contribution in [-0.2, 0) is 5.41 Å². The van der Waals surface area contributed by atoms with Crippen molar-refractivity contribution in [3.05, 3.63) is 34.1 Å². The summed E-state index contributed by atoms with van der Waals surface area (Å²) in [7, 11) is 0. The Hall–Kier alpha value is -0.410. The minimum atomic E-state index is -0.0995. The van der Waals surface area contributed by atoms with Crippen LogP contribution in [0, 0.1) is 5.82 Å². The van der Waals surface area contributed by atoms with Crippen LogP contribution in [0.5, 0.6) is 0 Å². The second-order valence-corrected chi connectivity index (χ2v) is 5.21. The zero-order chi connectivity index (χ0) is 10.9. The smallest absolute Gasteiger partial charge is 0.128 e. The molecule has 0 bridgehead atoms. The molecule has 3 heteroatoms. The lowest BCUT2D eigenvalue weighted by Crippen LogP contribution is -2.37. The Labute approximate surface area is 98.0 Å². The summed E-state index contributed by atoms with van der Waals surface area (Å²) >= 11 is 3.28. The molecule has 0 atom stereocenters. The molecule has 1 aromatic carbocycles. The molecule has 1 aliphatic carbocycles. The molecule has 0 unspecified atom stereocenters. The third kappa shape index (κ3) is 1.95. The van der Waals surface area contributed by atoms with Crippen LogP contribution in [0.1, 0.15) is 31.2 Å². The normalized spacial score (nSPS) is 18.6. The monoisotopic (exact) mass is 271 g/mol. The second-order valence-electron chi connectivity index (χ2n) is 4.30. The first kappa shape index (κ1) is 11.1. The zero-order valence-electron chi connectivity index (χ0n) is 8.60. The number of nitrogens with two attached hydrogens (primary N) is 1. The summed E-state index contributed by atoms with van der Waals surface area (Å²) in [6.07, 6.45) is 4.23. The molecule has 1 aromatic rings. The van der Waals surface area contributed by atoms with Crippen molar-refractivity contribution in [2.24, 2.45) is 5.73 Å². The van der Waals surface area contributed by atoms with Gasteiger partial charge in [-0.25, -0.2) is 4.39 Å². The van der Waals surface area contributed by atoms with Crippen molar-refractivity contribution in [2.45, 2.75) is 31.1 Å². The number of benzene rings is 1. The van der Waals surface area contributed by atoms with Gasteiger partial charge < -0.3 is 5.73 Å².